The number of amides is 4. The van der Waals surface area contributed by atoms with E-state index in [0.717, 1.165) is 13.0 Å². The second-order valence-corrected chi connectivity index (χ2v) is 6.73. The molecule has 2 heterocycles. The van der Waals surface area contributed by atoms with Crippen LogP contribution in [0.4, 0.5) is 10.6 Å². The van der Waals surface area contributed by atoms with Crippen molar-refractivity contribution in [3.05, 3.63) is 34.9 Å². The smallest absolute Gasteiger partial charge is 0.317 e. The summed E-state index contributed by atoms with van der Waals surface area (Å²) in [6.45, 7) is 1.51. The Hall–Kier alpha value is -3.20. The minimum Gasteiger partial charge on any atom is -0.491 e. The molecule has 0 radical (unpaired) electrons. The van der Waals surface area contributed by atoms with E-state index in [9.17, 15) is 14.4 Å². The molecule has 1 aliphatic rings. The largest absolute Gasteiger partial charge is 0.491 e. The average Bonchev–Trinajstić information content (AvgIpc) is 3.22. The summed E-state index contributed by atoms with van der Waals surface area (Å²) in [5, 5.41) is 2.78. The lowest BCUT2D eigenvalue weighted by Gasteiger charge is -2.17. The molecule has 1 fully saturated rings. The summed E-state index contributed by atoms with van der Waals surface area (Å²) in [5.41, 5.74) is 11.6. The van der Waals surface area contributed by atoms with Crippen molar-refractivity contribution in [3.63, 3.8) is 0 Å². The summed E-state index contributed by atoms with van der Waals surface area (Å²) < 4.78 is 5.85. The molecule has 4 amide bonds. The topological polar surface area (TPSA) is 144 Å². The number of hydrogen-bond acceptors (Lipinski definition) is 4. The third kappa shape index (κ3) is 4.37. The molecule has 1 aromatic carbocycles. The van der Waals surface area contributed by atoms with E-state index in [1.54, 1.807) is 23.1 Å². The van der Waals surface area contributed by atoms with Crippen molar-refractivity contribution in [2.75, 3.05) is 25.0 Å². The number of hydrogen-bond donors (Lipinski definition) is 4. The number of anilines is 1. The number of benzene rings is 1. The van der Waals surface area contributed by atoms with Gasteiger partial charge in [-0.15, -0.1) is 0 Å². The second-order valence-electron chi connectivity index (χ2n) is 6.30. The molecule has 2 aromatic rings. The van der Waals surface area contributed by atoms with Gasteiger partial charge in [0.25, 0.3) is 5.91 Å². The number of H-pyrrole nitrogens is 1. The van der Waals surface area contributed by atoms with Gasteiger partial charge in [-0.05, 0) is 30.7 Å². The van der Waals surface area contributed by atoms with E-state index < -0.39 is 11.9 Å². The third-order valence-electron chi connectivity index (χ3n) is 4.35. The zero-order chi connectivity index (χ0) is 20.3. The van der Waals surface area contributed by atoms with Crippen LogP contribution >= 0.6 is 11.6 Å². The summed E-state index contributed by atoms with van der Waals surface area (Å²) in [4.78, 5) is 39.2. The summed E-state index contributed by atoms with van der Waals surface area (Å²) in [6.07, 6.45) is 1.43. The second kappa shape index (κ2) is 8.22. The molecule has 0 spiro atoms. The Bertz CT molecular complexity index is 927. The van der Waals surface area contributed by atoms with E-state index in [1.165, 1.54) is 6.07 Å². The minimum absolute atomic E-state index is 0.0717. The maximum atomic E-state index is 11.7. The molecule has 28 heavy (non-hydrogen) atoms. The quantitative estimate of drug-likeness (QED) is 0.557. The zero-order valence-electron chi connectivity index (χ0n) is 15.0. The first-order valence-corrected chi connectivity index (χ1v) is 9.02. The SMILES string of the molecule is NC(=O)Nc1[nH]c(-c2cc(Cl)ccc2OCCN2CCCC2=O)cc1C(N)=O. The lowest BCUT2D eigenvalue weighted by molar-refractivity contribution is -0.128. The molecule has 9 nitrogen and oxygen atoms in total. The van der Waals surface area contributed by atoms with Crippen LogP contribution in [0, 0.1) is 0 Å². The summed E-state index contributed by atoms with van der Waals surface area (Å²) >= 11 is 6.11. The van der Waals surface area contributed by atoms with Crippen molar-refractivity contribution in [3.8, 4) is 17.0 Å². The Kier molecular flexibility index (Phi) is 5.74. The normalized spacial score (nSPS) is 13.6. The maximum absolute atomic E-state index is 11.7. The first-order valence-electron chi connectivity index (χ1n) is 8.65. The van der Waals surface area contributed by atoms with Gasteiger partial charge in [0.2, 0.25) is 5.91 Å². The van der Waals surface area contributed by atoms with Gasteiger partial charge in [-0.25, -0.2) is 4.79 Å². The molecule has 1 aliphatic heterocycles. The zero-order valence-corrected chi connectivity index (χ0v) is 15.7. The van der Waals surface area contributed by atoms with Gasteiger partial charge in [-0.3, -0.25) is 14.9 Å². The number of carbonyl (C=O) groups excluding carboxylic acids is 3. The van der Waals surface area contributed by atoms with Crippen LogP contribution in [0.5, 0.6) is 5.75 Å². The van der Waals surface area contributed by atoms with Crippen LogP contribution in [0.3, 0.4) is 0 Å². The standard InChI is InChI=1S/C18H20ClN5O4/c19-10-3-4-14(28-7-6-24-5-1-2-15(24)25)11(8-10)13-9-12(16(20)26)17(22-13)23-18(21)27/h3-4,8-9,22H,1-2,5-7H2,(H2,20,26)(H3,21,23,27). The molecular weight excluding hydrogens is 386 g/mol. The fraction of sp³-hybridized carbons (Fsp3) is 0.278. The van der Waals surface area contributed by atoms with Crippen LogP contribution in [-0.2, 0) is 4.79 Å². The molecule has 0 atom stereocenters. The van der Waals surface area contributed by atoms with E-state index in [4.69, 9.17) is 27.8 Å². The number of carbonyl (C=O) groups is 3. The number of ether oxygens (including phenoxy) is 1. The molecule has 10 heteroatoms. The molecule has 1 saturated heterocycles. The highest BCUT2D eigenvalue weighted by Crippen LogP contribution is 2.34. The van der Waals surface area contributed by atoms with Crippen LogP contribution in [0.2, 0.25) is 5.02 Å². The van der Waals surface area contributed by atoms with Crippen molar-refractivity contribution in [2.24, 2.45) is 11.5 Å². The molecule has 0 saturated carbocycles. The predicted molar refractivity (Wildman–Crippen MR) is 104 cm³/mol. The van der Waals surface area contributed by atoms with Crippen molar-refractivity contribution in [1.82, 2.24) is 9.88 Å². The average molecular weight is 406 g/mol. The summed E-state index contributed by atoms with van der Waals surface area (Å²) in [5.74, 6) is -0.0246. The Balaban J connectivity index is 1.84. The fourth-order valence-electron chi connectivity index (χ4n) is 3.06. The maximum Gasteiger partial charge on any atom is 0.317 e. The van der Waals surface area contributed by atoms with Crippen LogP contribution < -0.4 is 21.5 Å². The molecule has 1 aromatic heterocycles. The summed E-state index contributed by atoms with van der Waals surface area (Å²) in [7, 11) is 0. The molecular formula is C18H20ClN5O4. The number of urea groups is 1. The van der Waals surface area contributed by atoms with E-state index >= 15 is 0 Å². The number of likely N-dealkylation sites (tertiary alicyclic amines) is 1. The fourth-order valence-corrected chi connectivity index (χ4v) is 3.23. The van der Waals surface area contributed by atoms with Gasteiger partial charge >= 0.3 is 6.03 Å². The van der Waals surface area contributed by atoms with Gasteiger partial charge in [0.15, 0.2) is 0 Å². The summed E-state index contributed by atoms with van der Waals surface area (Å²) in [6, 6.07) is 5.66. The van der Waals surface area contributed by atoms with Gasteiger partial charge in [0.05, 0.1) is 17.8 Å². The number of nitrogens with zero attached hydrogens (tertiary/aromatic N) is 1. The van der Waals surface area contributed by atoms with Crippen molar-refractivity contribution in [1.29, 1.82) is 0 Å². The first-order chi connectivity index (χ1) is 13.3. The van der Waals surface area contributed by atoms with Crippen LogP contribution in [0.1, 0.15) is 23.2 Å². The first kappa shape index (κ1) is 19.6. The van der Waals surface area contributed by atoms with E-state index in [0.29, 0.717) is 41.6 Å². The van der Waals surface area contributed by atoms with Crippen molar-refractivity contribution in [2.45, 2.75) is 12.8 Å². The van der Waals surface area contributed by atoms with Gasteiger partial charge in [0.1, 0.15) is 18.2 Å². The lowest BCUT2D eigenvalue weighted by atomic mass is 10.1. The Labute approximate surface area is 166 Å². The molecule has 6 N–H and O–H groups in total. The van der Waals surface area contributed by atoms with Crippen molar-refractivity contribution >= 4 is 35.3 Å². The number of rotatable bonds is 7. The van der Waals surface area contributed by atoms with Crippen LogP contribution in [0.15, 0.2) is 24.3 Å². The van der Waals surface area contributed by atoms with E-state index in [-0.39, 0.29) is 17.3 Å². The number of primary amides is 2. The van der Waals surface area contributed by atoms with Crippen molar-refractivity contribution < 1.29 is 19.1 Å². The highest BCUT2D eigenvalue weighted by atomic mass is 35.5. The predicted octanol–water partition coefficient (Wildman–Crippen LogP) is 1.93. The molecule has 0 bridgehead atoms. The highest BCUT2D eigenvalue weighted by molar-refractivity contribution is 6.31. The Morgan fingerprint density at radius 3 is 2.71 bits per heavy atom. The van der Waals surface area contributed by atoms with Gasteiger partial charge < -0.3 is 26.1 Å². The number of aromatic amines is 1. The van der Waals surface area contributed by atoms with E-state index in [1.807, 2.05) is 0 Å². The Morgan fingerprint density at radius 2 is 2.07 bits per heavy atom. The monoisotopic (exact) mass is 405 g/mol. The number of halogens is 1. The highest BCUT2D eigenvalue weighted by Gasteiger charge is 2.21. The van der Waals surface area contributed by atoms with Gasteiger partial charge in [0, 0.05) is 23.6 Å². The number of aromatic nitrogens is 1. The van der Waals surface area contributed by atoms with Gasteiger partial charge in [-0.2, -0.15) is 0 Å². The number of nitrogens with one attached hydrogen (secondary N) is 2. The third-order valence-corrected chi connectivity index (χ3v) is 4.59. The molecule has 148 valence electrons. The lowest BCUT2D eigenvalue weighted by Crippen LogP contribution is -2.29. The van der Waals surface area contributed by atoms with Crippen LogP contribution in [0.25, 0.3) is 11.3 Å². The molecule has 0 aliphatic carbocycles. The molecule has 0 unspecified atom stereocenters. The Morgan fingerprint density at radius 1 is 1.29 bits per heavy atom. The van der Waals surface area contributed by atoms with Crippen LogP contribution in [-0.4, -0.2) is 47.4 Å². The van der Waals surface area contributed by atoms with Gasteiger partial charge in [-0.1, -0.05) is 11.6 Å². The minimum atomic E-state index is -0.839. The number of nitrogens with two attached hydrogens (primary N) is 2. The molecule has 3 rings (SSSR count). The van der Waals surface area contributed by atoms with E-state index in [2.05, 4.69) is 10.3 Å².